The molecule has 0 amide bonds. The van der Waals surface area contributed by atoms with E-state index in [0.29, 0.717) is 10.8 Å². The number of nitrogens with one attached hydrogen (secondary N) is 1. The van der Waals surface area contributed by atoms with Crippen LogP contribution in [0.15, 0.2) is 23.1 Å². The van der Waals surface area contributed by atoms with Crippen LogP contribution in [0.4, 0.5) is 0 Å². The molecule has 3 nitrogen and oxygen atoms in total. The van der Waals surface area contributed by atoms with Gasteiger partial charge in [-0.1, -0.05) is 18.6 Å². The van der Waals surface area contributed by atoms with Gasteiger partial charge in [0.1, 0.15) is 0 Å². The maximum absolute atomic E-state index is 12.5. The van der Waals surface area contributed by atoms with E-state index < -0.39 is 10.0 Å². The molecule has 0 radical (unpaired) electrons. The Morgan fingerprint density at radius 1 is 1.16 bits per heavy atom. The van der Waals surface area contributed by atoms with Crippen LogP contribution >= 0.6 is 0 Å². The van der Waals surface area contributed by atoms with Gasteiger partial charge in [0.05, 0.1) is 4.90 Å². The minimum Gasteiger partial charge on any atom is -0.208 e. The molecule has 0 spiro atoms. The van der Waals surface area contributed by atoms with E-state index >= 15 is 0 Å². The molecule has 19 heavy (non-hydrogen) atoms. The minimum atomic E-state index is -3.37. The van der Waals surface area contributed by atoms with Gasteiger partial charge in [-0.25, -0.2) is 13.1 Å². The van der Waals surface area contributed by atoms with Gasteiger partial charge in [-0.15, -0.1) is 0 Å². The van der Waals surface area contributed by atoms with Crippen LogP contribution in [0, 0.1) is 25.7 Å². The van der Waals surface area contributed by atoms with E-state index in [9.17, 15) is 8.42 Å². The van der Waals surface area contributed by atoms with Crippen molar-refractivity contribution in [2.24, 2.45) is 11.8 Å². The molecule has 2 saturated carbocycles. The highest BCUT2D eigenvalue weighted by molar-refractivity contribution is 7.89. The highest BCUT2D eigenvalue weighted by Gasteiger charge is 2.41. The second kappa shape index (κ2) is 4.60. The first kappa shape index (κ1) is 13.1. The van der Waals surface area contributed by atoms with Crippen molar-refractivity contribution >= 4 is 10.0 Å². The van der Waals surface area contributed by atoms with Crippen molar-refractivity contribution in [1.82, 2.24) is 4.72 Å². The molecule has 3 unspecified atom stereocenters. The van der Waals surface area contributed by atoms with Crippen molar-refractivity contribution < 1.29 is 8.42 Å². The summed E-state index contributed by atoms with van der Waals surface area (Å²) in [7, 11) is -3.37. The van der Waals surface area contributed by atoms with Gasteiger partial charge in [0.25, 0.3) is 0 Å². The van der Waals surface area contributed by atoms with Gasteiger partial charge in [-0.3, -0.25) is 0 Å². The second-order valence-electron chi connectivity index (χ2n) is 6.17. The lowest BCUT2D eigenvalue weighted by Gasteiger charge is -2.23. The molecule has 4 heteroatoms. The summed E-state index contributed by atoms with van der Waals surface area (Å²) in [6.07, 6.45) is 4.70. The summed E-state index contributed by atoms with van der Waals surface area (Å²) >= 11 is 0. The molecule has 2 aliphatic carbocycles. The van der Waals surface area contributed by atoms with Gasteiger partial charge < -0.3 is 0 Å². The molecule has 2 bridgehead atoms. The maximum Gasteiger partial charge on any atom is 0.241 e. The third kappa shape index (κ3) is 2.43. The third-order valence-electron chi connectivity index (χ3n) is 4.68. The summed E-state index contributed by atoms with van der Waals surface area (Å²) in [4.78, 5) is 0.440. The van der Waals surface area contributed by atoms with E-state index in [4.69, 9.17) is 0 Å². The third-order valence-corrected chi connectivity index (χ3v) is 6.31. The molecule has 3 rings (SSSR count). The molecule has 1 aromatic carbocycles. The number of aryl methyl sites for hydroxylation is 2. The molecule has 0 heterocycles. The van der Waals surface area contributed by atoms with Crippen LogP contribution in [0.1, 0.15) is 36.8 Å². The number of fused-ring (bicyclic) bond motifs is 2. The van der Waals surface area contributed by atoms with Gasteiger partial charge in [-0.2, -0.15) is 0 Å². The number of rotatable bonds is 3. The summed E-state index contributed by atoms with van der Waals surface area (Å²) in [6.45, 7) is 3.78. The number of sulfonamides is 1. The number of benzene rings is 1. The van der Waals surface area contributed by atoms with E-state index in [1.807, 2.05) is 26.0 Å². The van der Waals surface area contributed by atoms with E-state index in [0.717, 1.165) is 23.5 Å². The molecule has 3 atom stereocenters. The van der Waals surface area contributed by atoms with Crippen molar-refractivity contribution in [3.05, 3.63) is 29.3 Å². The second-order valence-corrected chi connectivity index (χ2v) is 7.85. The first-order chi connectivity index (χ1) is 8.95. The Balaban J connectivity index is 1.85. The van der Waals surface area contributed by atoms with Crippen molar-refractivity contribution in [2.75, 3.05) is 0 Å². The molecular weight excluding hydrogens is 258 g/mol. The van der Waals surface area contributed by atoms with Crippen LogP contribution in [0.3, 0.4) is 0 Å². The zero-order valence-corrected chi connectivity index (χ0v) is 12.3. The van der Waals surface area contributed by atoms with Gasteiger partial charge in [-0.05, 0) is 62.1 Å². The zero-order chi connectivity index (χ0) is 13.6. The van der Waals surface area contributed by atoms with Crippen LogP contribution in [-0.4, -0.2) is 14.5 Å². The summed E-state index contributed by atoms with van der Waals surface area (Å²) in [6, 6.07) is 5.75. The van der Waals surface area contributed by atoms with Crippen LogP contribution in [0.5, 0.6) is 0 Å². The van der Waals surface area contributed by atoms with Crippen molar-refractivity contribution in [3.63, 3.8) is 0 Å². The lowest BCUT2D eigenvalue weighted by Crippen LogP contribution is -2.38. The first-order valence-corrected chi connectivity index (χ1v) is 8.53. The highest BCUT2D eigenvalue weighted by Crippen LogP contribution is 2.44. The average molecular weight is 279 g/mol. The Morgan fingerprint density at radius 3 is 2.58 bits per heavy atom. The first-order valence-electron chi connectivity index (χ1n) is 7.05. The molecular formula is C15H21NO2S. The summed E-state index contributed by atoms with van der Waals surface area (Å²) < 4.78 is 28.0. The molecule has 0 saturated heterocycles. The molecule has 2 aliphatic rings. The summed E-state index contributed by atoms with van der Waals surface area (Å²) in [5, 5.41) is 0. The average Bonchev–Trinajstić information content (AvgIpc) is 2.93. The fourth-order valence-electron chi connectivity index (χ4n) is 3.65. The van der Waals surface area contributed by atoms with E-state index in [1.165, 1.54) is 19.3 Å². The monoisotopic (exact) mass is 279 g/mol. The maximum atomic E-state index is 12.5. The lowest BCUT2D eigenvalue weighted by molar-refractivity contribution is 0.390. The van der Waals surface area contributed by atoms with Gasteiger partial charge in [0, 0.05) is 6.04 Å². The van der Waals surface area contributed by atoms with E-state index in [2.05, 4.69) is 4.72 Å². The van der Waals surface area contributed by atoms with Crippen LogP contribution in [0.25, 0.3) is 0 Å². The Morgan fingerprint density at radius 2 is 1.95 bits per heavy atom. The van der Waals surface area contributed by atoms with Crippen molar-refractivity contribution in [1.29, 1.82) is 0 Å². The summed E-state index contributed by atoms with van der Waals surface area (Å²) in [5.41, 5.74) is 1.81. The molecule has 0 aliphatic heterocycles. The molecule has 104 valence electrons. The van der Waals surface area contributed by atoms with Gasteiger partial charge in [0.2, 0.25) is 10.0 Å². The fraction of sp³-hybridized carbons (Fsp3) is 0.600. The lowest BCUT2D eigenvalue weighted by atomic mass is 9.96. The predicted molar refractivity (Wildman–Crippen MR) is 75.5 cm³/mol. The standard InChI is InChI=1S/C15H21NO2S/c1-10-3-4-11(2)15(7-10)19(17,18)16-14-9-12-5-6-13(14)8-12/h3-4,7,12-14,16H,5-6,8-9H2,1-2H3. The predicted octanol–water partition coefficient (Wildman–Crippen LogP) is 2.77. The van der Waals surface area contributed by atoms with Gasteiger partial charge >= 0.3 is 0 Å². The largest absolute Gasteiger partial charge is 0.241 e. The molecule has 0 aromatic heterocycles. The van der Waals surface area contributed by atoms with Crippen LogP contribution in [-0.2, 0) is 10.0 Å². The Labute approximate surface area is 115 Å². The highest BCUT2D eigenvalue weighted by atomic mass is 32.2. The SMILES string of the molecule is Cc1ccc(C)c(S(=O)(=O)NC2CC3CCC2C3)c1. The molecule has 1 N–H and O–H groups in total. The molecule has 1 aromatic rings. The smallest absolute Gasteiger partial charge is 0.208 e. The quantitative estimate of drug-likeness (QED) is 0.924. The summed E-state index contributed by atoms with van der Waals surface area (Å²) in [5.74, 6) is 1.31. The fourth-order valence-corrected chi connectivity index (χ4v) is 5.30. The van der Waals surface area contributed by atoms with Crippen molar-refractivity contribution in [3.8, 4) is 0 Å². The Bertz CT molecular complexity index is 594. The normalized spacial score (nSPS) is 29.9. The Kier molecular flexibility index (Phi) is 3.18. The van der Waals surface area contributed by atoms with E-state index in [-0.39, 0.29) is 6.04 Å². The van der Waals surface area contributed by atoms with E-state index in [1.54, 1.807) is 6.07 Å². The number of hydrogen-bond donors (Lipinski definition) is 1. The molecule has 2 fully saturated rings. The van der Waals surface area contributed by atoms with Crippen LogP contribution in [0.2, 0.25) is 0 Å². The van der Waals surface area contributed by atoms with Gasteiger partial charge in [0.15, 0.2) is 0 Å². The Hall–Kier alpha value is -0.870. The number of hydrogen-bond acceptors (Lipinski definition) is 2. The topological polar surface area (TPSA) is 46.2 Å². The van der Waals surface area contributed by atoms with Crippen LogP contribution < -0.4 is 4.72 Å². The van der Waals surface area contributed by atoms with Crippen molar-refractivity contribution in [2.45, 2.75) is 50.5 Å². The zero-order valence-electron chi connectivity index (χ0n) is 11.5. The minimum absolute atomic E-state index is 0.156.